The van der Waals surface area contributed by atoms with Crippen LogP contribution >= 0.6 is 0 Å². The number of hydrogen-bond acceptors (Lipinski definition) is 7. The molecular formula is C21H27FN3O5S-. The molecule has 1 aromatic carbocycles. The molecule has 0 radical (unpaired) electrons. The standard InChI is InChI=1S/C21H27FN3O5S/c1-13(2)19-18(10-9-16(27)11-17(28)12-26)20(14-5-7-15(22)8-6-14)24-21(23-19)25(3)31(4,29)30/h5-10,13,16-17,27-28H,11-12H2,1-4H3/q-1/b10-9+/t16-,17-/m1/s1. The van der Waals surface area contributed by atoms with Crippen molar-refractivity contribution in [3.05, 3.63) is 47.4 Å². The van der Waals surface area contributed by atoms with Crippen molar-refractivity contribution in [1.82, 2.24) is 9.97 Å². The average molecular weight is 453 g/mol. The summed E-state index contributed by atoms with van der Waals surface area (Å²) in [7, 11) is -2.29. The van der Waals surface area contributed by atoms with Gasteiger partial charge in [-0.2, -0.15) is 0 Å². The number of benzene rings is 1. The van der Waals surface area contributed by atoms with Crippen molar-refractivity contribution < 1.29 is 28.1 Å². The molecule has 0 spiro atoms. The molecule has 0 aliphatic carbocycles. The first-order valence-corrected chi connectivity index (χ1v) is 11.5. The minimum Gasteiger partial charge on any atom is -0.853 e. The number of halogens is 1. The molecule has 0 aliphatic heterocycles. The third-order valence-corrected chi connectivity index (χ3v) is 5.76. The first-order chi connectivity index (χ1) is 14.4. The maximum atomic E-state index is 13.5. The Labute approximate surface area is 181 Å². The van der Waals surface area contributed by atoms with Gasteiger partial charge in [0, 0.05) is 30.7 Å². The second-order valence-electron chi connectivity index (χ2n) is 7.55. The van der Waals surface area contributed by atoms with Crippen LogP contribution in [0.2, 0.25) is 0 Å². The molecule has 2 rings (SSSR count). The minimum absolute atomic E-state index is 0.0370. The minimum atomic E-state index is -3.63. The molecule has 0 bridgehead atoms. The molecule has 0 aliphatic rings. The van der Waals surface area contributed by atoms with Crippen molar-refractivity contribution in [2.24, 2.45) is 0 Å². The van der Waals surface area contributed by atoms with E-state index in [1.165, 1.54) is 37.4 Å². The first kappa shape index (κ1) is 24.9. The van der Waals surface area contributed by atoms with E-state index < -0.39 is 34.7 Å². The van der Waals surface area contributed by atoms with E-state index in [4.69, 9.17) is 0 Å². The highest BCUT2D eigenvalue weighted by Gasteiger charge is 2.22. The third kappa shape index (κ3) is 6.54. The Morgan fingerprint density at radius 3 is 2.32 bits per heavy atom. The number of anilines is 1. The fourth-order valence-electron chi connectivity index (χ4n) is 2.83. The number of aromatic nitrogens is 2. The van der Waals surface area contributed by atoms with Crippen molar-refractivity contribution in [2.75, 3.05) is 24.2 Å². The van der Waals surface area contributed by atoms with Crippen molar-refractivity contribution in [3.8, 4) is 11.3 Å². The van der Waals surface area contributed by atoms with Crippen molar-refractivity contribution >= 4 is 22.0 Å². The maximum Gasteiger partial charge on any atom is 0.239 e. The Morgan fingerprint density at radius 1 is 1.19 bits per heavy atom. The Bertz CT molecular complexity index is 1030. The fraction of sp³-hybridized carbons (Fsp3) is 0.429. The second-order valence-corrected chi connectivity index (χ2v) is 9.56. The monoisotopic (exact) mass is 452 g/mol. The van der Waals surface area contributed by atoms with E-state index in [9.17, 15) is 28.1 Å². The topological polar surface area (TPSA) is 127 Å². The Morgan fingerprint density at radius 2 is 1.81 bits per heavy atom. The van der Waals surface area contributed by atoms with Gasteiger partial charge in [0.05, 0.1) is 23.7 Å². The van der Waals surface area contributed by atoms with Crippen LogP contribution in [-0.2, 0) is 10.0 Å². The Hall–Kier alpha value is -2.40. The van der Waals surface area contributed by atoms with Crippen LogP contribution in [0.5, 0.6) is 0 Å². The zero-order valence-corrected chi connectivity index (χ0v) is 18.7. The van der Waals surface area contributed by atoms with Crippen LogP contribution in [0.15, 0.2) is 30.3 Å². The van der Waals surface area contributed by atoms with E-state index in [1.807, 2.05) is 13.8 Å². The molecule has 0 saturated heterocycles. The van der Waals surface area contributed by atoms with Crippen LogP contribution in [-0.4, -0.2) is 60.7 Å². The first-order valence-electron chi connectivity index (χ1n) is 9.68. The van der Waals surface area contributed by atoms with Crippen LogP contribution in [0.25, 0.3) is 17.3 Å². The van der Waals surface area contributed by atoms with E-state index in [-0.39, 0.29) is 18.3 Å². The van der Waals surface area contributed by atoms with Crippen molar-refractivity contribution in [1.29, 1.82) is 0 Å². The fourth-order valence-corrected chi connectivity index (χ4v) is 3.21. The van der Waals surface area contributed by atoms with Crippen molar-refractivity contribution in [3.63, 3.8) is 0 Å². The Kier molecular flexibility index (Phi) is 8.24. The molecular weight excluding hydrogens is 425 g/mol. The molecule has 10 heteroatoms. The van der Waals surface area contributed by atoms with E-state index in [0.29, 0.717) is 22.5 Å². The molecule has 0 saturated carbocycles. The lowest BCUT2D eigenvalue weighted by Crippen LogP contribution is -2.27. The lowest BCUT2D eigenvalue weighted by Gasteiger charge is -2.20. The molecule has 8 nitrogen and oxygen atoms in total. The van der Waals surface area contributed by atoms with Crippen LogP contribution in [0.3, 0.4) is 0 Å². The van der Waals surface area contributed by atoms with Gasteiger partial charge in [-0.05, 0) is 30.2 Å². The normalized spacial score (nSPS) is 14.2. The number of rotatable bonds is 9. The number of nitrogens with zero attached hydrogens (tertiary/aromatic N) is 3. The predicted molar refractivity (Wildman–Crippen MR) is 115 cm³/mol. The second kappa shape index (κ2) is 10.3. The summed E-state index contributed by atoms with van der Waals surface area (Å²) in [4.78, 5) is 8.84. The van der Waals surface area contributed by atoms with Crippen LogP contribution < -0.4 is 9.41 Å². The molecule has 0 fully saturated rings. The summed E-state index contributed by atoms with van der Waals surface area (Å²) in [5.74, 6) is -0.614. The molecule has 0 amide bonds. The summed E-state index contributed by atoms with van der Waals surface area (Å²) in [6, 6.07) is 5.56. The number of hydrogen-bond donors (Lipinski definition) is 2. The summed E-state index contributed by atoms with van der Waals surface area (Å²) in [6.45, 7) is 3.02. The summed E-state index contributed by atoms with van der Waals surface area (Å²) in [6.07, 6.45) is 1.63. The van der Waals surface area contributed by atoms with Gasteiger partial charge in [0.1, 0.15) is 5.82 Å². The van der Waals surface area contributed by atoms with Gasteiger partial charge in [0.2, 0.25) is 16.0 Å². The summed E-state index contributed by atoms with van der Waals surface area (Å²) >= 11 is 0. The van der Waals surface area contributed by atoms with Gasteiger partial charge < -0.3 is 15.3 Å². The lowest BCUT2D eigenvalue weighted by molar-refractivity contribution is -0.384. The molecule has 1 aromatic heterocycles. The number of aliphatic hydroxyl groups excluding tert-OH is 2. The molecule has 0 unspecified atom stereocenters. The zero-order chi connectivity index (χ0) is 23.3. The van der Waals surface area contributed by atoms with Crippen LogP contribution in [0, 0.1) is 5.82 Å². The van der Waals surface area contributed by atoms with Gasteiger partial charge in [-0.1, -0.05) is 26.0 Å². The predicted octanol–water partition coefficient (Wildman–Crippen LogP) is 1.29. The van der Waals surface area contributed by atoms with E-state index >= 15 is 0 Å². The average Bonchev–Trinajstić information content (AvgIpc) is 2.70. The van der Waals surface area contributed by atoms with Gasteiger partial charge in [-0.15, -0.1) is 6.61 Å². The summed E-state index contributed by atoms with van der Waals surface area (Å²) in [5, 5.41) is 30.3. The van der Waals surface area contributed by atoms with Gasteiger partial charge in [-0.3, -0.25) is 0 Å². The summed E-state index contributed by atoms with van der Waals surface area (Å²) < 4.78 is 38.5. The largest absolute Gasteiger partial charge is 0.853 e. The molecule has 2 aromatic rings. The highest BCUT2D eigenvalue weighted by atomic mass is 32.2. The molecule has 1 heterocycles. The van der Waals surface area contributed by atoms with E-state index in [1.54, 1.807) is 6.08 Å². The van der Waals surface area contributed by atoms with Gasteiger partial charge in [-0.25, -0.2) is 27.1 Å². The van der Waals surface area contributed by atoms with Crippen LogP contribution in [0.1, 0.15) is 37.4 Å². The lowest BCUT2D eigenvalue weighted by atomic mass is 9.97. The number of sulfonamides is 1. The van der Waals surface area contributed by atoms with Gasteiger partial charge in [0.15, 0.2) is 0 Å². The molecule has 2 atom stereocenters. The van der Waals surface area contributed by atoms with Gasteiger partial charge in [0.25, 0.3) is 0 Å². The Balaban J connectivity index is 2.69. The van der Waals surface area contributed by atoms with Gasteiger partial charge >= 0.3 is 0 Å². The third-order valence-electron chi connectivity index (χ3n) is 4.60. The highest BCUT2D eigenvalue weighted by molar-refractivity contribution is 7.92. The quantitative estimate of drug-likeness (QED) is 0.587. The smallest absolute Gasteiger partial charge is 0.239 e. The SMILES string of the molecule is CC(C)c1nc(N(C)S(C)(=O)=O)nc(-c2ccc(F)cc2)c1/C=C/[C@@H](O)C[C@@H](O)C[O-]. The van der Waals surface area contributed by atoms with Crippen molar-refractivity contribution in [2.45, 2.75) is 38.4 Å². The van der Waals surface area contributed by atoms with E-state index in [0.717, 1.165) is 10.6 Å². The van der Waals surface area contributed by atoms with E-state index in [2.05, 4.69) is 9.97 Å². The molecule has 2 N–H and O–H groups in total. The summed E-state index contributed by atoms with van der Waals surface area (Å²) in [5.41, 5.74) is 1.93. The molecule has 31 heavy (non-hydrogen) atoms. The zero-order valence-electron chi connectivity index (χ0n) is 17.9. The maximum absolute atomic E-state index is 13.5. The highest BCUT2D eigenvalue weighted by Crippen LogP contribution is 2.31. The van der Waals surface area contributed by atoms with Crippen LogP contribution in [0.4, 0.5) is 10.3 Å². The number of aliphatic hydroxyl groups is 2. The molecule has 170 valence electrons.